The molecule has 0 atom stereocenters. The van der Waals surface area contributed by atoms with Gasteiger partial charge in [-0.3, -0.25) is 14.9 Å². The Morgan fingerprint density at radius 1 is 1.23 bits per heavy atom. The minimum absolute atomic E-state index is 0.0111. The zero-order chi connectivity index (χ0) is 22.1. The molecule has 2 heterocycles. The highest BCUT2D eigenvalue weighted by molar-refractivity contribution is 7.20. The number of nitrogens with zero attached hydrogens (tertiary/aromatic N) is 4. The molecule has 0 saturated carbocycles. The molecule has 2 aromatic heterocycles. The summed E-state index contributed by atoms with van der Waals surface area (Å²) in [5.41, 5.74) is 0.611. The molecule has 0 unspecified atom stereocenters. The van der Waals surface area contributed by atoms with Crippen LogP contribution in [0.15, 0.2) is 52.9 Å². The second-order valence-corrected chi connectivity index (χ2v) is 8.59. The Hall–Kier alpha value is -3.30. The normalized spacial score (nSPS) is 11.2. The lowest BCUT2D eigenvalue weighted by Gasteiger charge is -2.24. The van der Waals surface area contributed by atoms with Crippen LogP contribution in [0.4, 0.5) is 5.69 Å². The van der Waals surface area contributed by atoms with Gasteiger partial charge < -0.3 is 9.32 Å². The third-order valence-corrected chi connectivity index (χ3v) is 6.12. The van der Waals surface area contributed by atoms with Crippen molar-refractivity contribution in [3.8, 4) is 11.5 Å². The minimum atomic E-state index is -0.453. The first-order chi connectivity index (χ1) is 14.8. The Morgan fingerprint density at radius 3 is 2.71 bits per heavy atom. The second-order valence-electron chi connectivity index (χ2n) is 7.10. The third kappa shape index (κ3) is 4.28. The standard InChI is InChI=1S/C21H17ClN4O4S/c1-12(2)25(11-19-23-24-20(30-19)15-5-3-4-6-16(15)22)21(27)18-10-13-9-14(26(28)29)7-8-17(13)31-18/h3-10,12H,11H2,1-2H3. The van der Waals surface area contributed by atoms with Gasteiger partial charge in [0, 0.05) is 28.3 Å². The van der Waals surface area contributed by atoms with Gasteiger partial charge in [-0.2, -0.15) is 0 Å². The number of nitro benzene ring substituents is 1. The summed E-state index contributed by atoms with van der Waals surface area (Å²) in [5, 5.41) is 20.3. The van der Waals surface area contributed by atoms with Gasteiger partial charge in [-0.05, 0) is 38.1 Å². The molecule has 2 aromatic carbocycles. The number of hydrogen-bond acceptors (Lipinski definition) is 7. The third-order valence-electron chi connectivity index (χ3n) is 4.68. The maximum atomic E-state index is 13.2. The average Bonchev–Trinajstić information content (AvgIpc) is 3.38. The average molecular weight is 457 g/mol. The quantitative estimate of drug-likeness (QED) is 0.278. The minimum Gasteiger partial charge on any atom is -0.419 e. The SMILES string of the molecule is CC(C)N(Cc1nnc(-c2ccccc2Cl)o1)C(=O)c1cc2cc([N+](=O)[O-])ccc2s1. The summed E-state index contributed by atoms with van der Waals surface area (Å²) >= 11 is 7.48. The van der Waals surface area contributed by atoms with Crippen LogP contribution in [0, 0.1) is 10.1 Å². The lowest BCUT2D eigenvalue weighted by Crippen LogP contribution is -2.36. The molecule has 0 fully saturated rings. The van der Waals surface area contributed by atoms with Crippen molar-refractivity contribution >= 4 is 44.6 Å². The van der Waals surface area contributed by atoms with Crippen molar-refractivity contribution in [3.05, 3.63) is 74.4 Å². The first-order valence-corrected chi connectivity index (χ1v) is 10.6. The molecule has 0 aliphatic carbocycles. The molecule has 1 amide bonds. The maximum Gasteiger partial charge on any atom is 0.270 e. The fourth-order valence-electron chi connectivity index (χ4n) is 3.09. The Labute approximate surface area is 186 Å². The molecule has 31 heavy (non-hydrogen) atoms. The van der Waals surface area contributed by atoms with Crippen molar-refractivity contribution in [3.63, 3.8) is 0 Å². The van der Waals surface area contributed by atoms with Gasteiger partial charge in [-0.25, -0.2) is 0 Å². The molecule has 0 bridgehead atoms. The van der Waals surface area contributed by atoms with E-state index < -0.39 is 4.92 Å². The fourth-order valence-corrected chi connectivity index (χ4v) is 4.30. The number of aromatic nitrogens is 2. The number of amides is 1. The number of hydrogen-bond donors (Lipinski definition) is 0. The predicted octanol–water partition coefficient (Wildman–Crippen LogP) is 5.56. The van der Waals surface area contributed by atoms with Crippen molar-refractivity contribution in [2.75, 3.05) is 0 Å². The van der Waals surface area contributed by atoms with Crippen molar-refractivity contribution in [2.24, 2.45) is 0 Å². The summed E-state index contributed by atoms with van der Waals surface area (Å²) in [6.45, 7) is 3.91. The molecule has 0 aliphatic rings. The van der Waals surface area contributed by atoms with E-state index in [-0.39, 0.29) is 36.0 Å². The highest BCUT2D eigenvalue weighted by Gasteiger charge is 2.24. The number of rotatable bonds is 6. The van der Waals surface area contributed by atoms with Gasteiger partial charge in [0.2, 0.25) is 11.8 Å². The fraction of sp³-hybridized carbons (Fsp3) is 0.190. The van der Waals surface area contributed by atoms with Crippen LogP contribution < -0.4 is 0 Å². The number of non-ortho nitro benzene ring substituents is 1. The van der Waals surface area contributed by atoms with Crippen LogP contribution in [0.2, 0.25) is 5.02 Å². The van der Waals surface area contributed by atoms with Crippen LogP contribution in [0.3, 0.4) is 0 Å². The Bertz CT molecular complexity index is 1280. The Kier molecular flexibility index (Phi) is 5.71. The molecular weight excluding hydrogens is 440 g/mol. The van der Waals surface area contributed by atoms with Crippen LogP contribution in [0.5, 0.6) is 0 Å². The van der Waals surface area contributed by atoms with E-state index in [1.54, 1.807) is 29.2 Å². The van der Waals surface area contributed by atoms with E-state index in [1.807, 2.05) is 26.0 Å². The summed E-state index contributed by atoms with van der Waals surface area (Å²) in [6.07, 6.45) is 0. The monoisotopic (exact) mass is 456 g/mol. The van der Waals surface area contributed by atoms with Crippen molar-refractivity contribution in [1.82, 2.24) is 15.1 Å². The van der Waals surface area contributed by atoms with Gasteiger partial charge in [0.1, 0.15) is 0 Å². The molecule has 158 valence electrons. The van der Waals surface area contributed by atoms with E-state index in [4.69, 9.17) is 16.0 Å². The molecule has 0 saturated heterocycles. The van der Waals surface area contributed by atoms with Crippen molar-refractivity contribution in [2.45, 2.75) is 26.4 Å². The molecule has 0 spiro atoms. The first kappa shape index (κ1) is 21.0. The zero-order valence-electron chi connectivity index (χ0n) is 16.6. The summed E-state index contributed by atoms with van der Waals surface area (Å²) in [5.74, 6) is 0.357. The maximum absolute atomic E-state index is 13.2. The number of benzene rings is 2. The van der Waals surface area contributed by atoms with Crippen LogP contribution >= 0.6 is 22.9 Å². The lowest BCUT2D eigenvalue weighted by molar-refractivity contribution is -0.384. The number of halogens is 1. The van der Waals surface area contributed by atoms with Gasteiger partial charge in [0.15, 0.2) is 0 Å². The summed E-state index contributed by atoms with van der Waals surface area (Å²) in [6, 6.07) is 13.2. The van der Waals surface area contributed by atoms with Gasteiger partial charge in [-0.1, -0.05) is 23.7 Å². The van der Waals surface area contributed by atoms with E-state index in [0.29, 0.717) is 20.8 Å². The van der Waals surface area contributed by atoms with Gasteiger partial charge in [0.25, 0.3) is 11.6 Å². The molecule has 4 rings (SSSR count). The molecule has 4 aromatic rings. The molecule has 0 radical (unpaired) electrons. The van der Waals surface area contributed by atoms with Crippen LogP contribution in [0.25, 0.3) is 21.5 Å². The molecular formula is C21H17ClN4O4S. The summed E-state index contributed by atoms with van der Waals surface area (Å²) in [4.78, 5) is 25.9. The number of carbonyl (C=O) groups is 1. The summed E-state index contributed by atoms with van der Waals surface area (Å²) < 4.78 is 6.55. The predicted molar refractivity (Wildman–Crippen MR) is 118 cm³/mol. The zero-order valence-corrected chi connectivity index (χ0v) is 18.2. The highest BCUT2D eigenvalue weighted by Crippen LogP contribution is 2.31. The smallest absolute Gasteiger partial charge is 0.270 e. The number of carbonyl (C=O) groups excluding carboxylic acids is 1. The van der Waals surface area contributed by atoms with Crippen LogP contribution in [-0.2, 0) is 6.54 Å². The van der Waals surface area contributed by atoms with E-state index in [2.05, 4.69) is 10.2 Å². The number of nitro groups is 1. The van der Waals surface area contributed by atoms with Crippen LogP contribution in [-0.4, -0.2) is 32.0 Å². The molecule has 10 heteroatoms. The van der Waals surface area contributed by atoms with E-state index >= 15 is 0 Å². The largest absolute Gasteiger partial charge is 0.419 e. The van der Waals surface area contributed by atoms with Gasteiger partial charge in [0.05, 0.1) is 26.9 Å². The van der Waals surface area contributed by atoms with E-state index in [1.165, 1.54) is 23.5 Å². The van der Waals surface area contributed by atoms with Gasteiger partial charge in [-0.15, -0.1) is 21.5 Å². The topological polar surface area (TPSA) is 102 Å². The molecule has 8 nitrogen and oxygen atoms in total. The Morgan fingerprint density at radius 2 is 2.00 bits per heavy atom. The second kappa shape index (κ2) is 8.44. The molecule has 0 N–H and O–H groups in total. The number of fused-ring (bicyclic) bond motifs is 1. The van der Waals surface area contributed by atoms with Gasteiger partial charge >= 0.3 is 0 Å². The van der Waals surface area contributed by atoms with Crippen LogP contribution in [0.1, 0.15) is 29.4 Å². The number of thiophene rings is 1. The van der Waals surface area contributed by atoms with Crippen molar-refractivity contribution in [1.29, 1.82) is 0 Å². The Balaban J connectivity index is 1.59. The highest BCUT2D eigenvalue weighted by atomic mass is 35.5. The lowest BCUT2D eigenvalue weighted by atomic mass is 10.2. The summed E-state index contributed by atoms with van der Waals surface area (Å²) in [7, 11) is 0. The van der Waals surface area contributed by atoms with Crippen molar-refractivity contribution < 1.29 is 14.1 Å². The first-order valence-electron chi connectivity index (χ1n) is 9.39. The molecule has 0 aliphatic heterocycles. The van der Waals surface area contributed by atoms with E-state index in [0.717, 1.165) is 4.70 Å². The van der Waals surface area contributed by atoms with E-state index in [9.17, 15) is 14.9 Å².